The maximum absolute atomic E-state index is 13.4. The Hall–Kier alpha value is -5.55. The van der Waals surface area contributed by atoms with Gasteiger partial charge in [0.15, 0.2) is 23.0 Å². The van der Waals surface area contributed by atoms with Crippen molar-refractivity contribution in [2.75, 3.05) is 16.3 Å². The highest BCUT2D eigenvalue weighted by atomic mass is 32.2. The van der Waals surface area contributed by atoms with Crippen LogP contribution in [0.4, 0.5) is 22.7 Å². The monoisotopic (exact) mass is 752 g/mol. The molecule has 8 rings (SSSR count). The first-order valence-electron chi connectivity index (χ1n) is 19.0. The van der Waals surface area contributed by atoms with Crippen molar-refractivity contribution in [1.29, 1.82) is 0 Å². The molecule has 2 atom stereocenters. The smallest absolute Gasteiger partial charge is 0.304 e. The molecule has 0 fully saturated rings. The molecule has 4 aromatic carbocycles. The highest BCUT2D eigenvalue weighted by Gasteiger charge is 2.49. The number of aromatic nitrogens is 2. The minimum atomic E-state index is -2.74. The minimum Gasteiger partial charge on any atom is -0.453 e. The maximum atomic E-state index is 13.4. The van der Waals surface area contributed by atoms with E-state index in [9.17, 15) is 8.76 Å². The van der Waals surface area contributed by atoms with E-state index in [-0.39, 0.29) is 6.42 Å². The lowest BCUT2D eigenvalue weighted by molar-refractivity contribution is 0.0648. The van der Waals surface area contributed by atoms with Crippen LogP contribution in [-0.2, 0) is 34.1 Å². The minimum absolute atomic E-state index is 0.194. The molecule has 55 heavy (non-hydrogen) atoms. The lowest BCUT2D eigenvalue weighted by Crippen LogP contribution is -2.50. The summed E-state index contributed by atoms with van der Waals surface area (Å²) in [6, 6.07) is 39.6. The molecule has 9 nitrogen and oxygen atoms in total. The predicted octanol–water partition coefficient (Wildman–Crippen LogP) is 11.4. The quantitative estimate of drug-likeness (QED) is 0.109. The number of hydrogen-bond acceptors (Lipinski definition) is 8. The molecule has 0 bridgehead atoms. The Morgan fingerprint density at radius 3 is 2.04 bits per heavy atom. The number of anilines is 4. The second kappa shape index (κ2) is 16.0. The van der Waals surface area contributed by atoms with E-state index in [2.05, 4.69) is 30.9 Å². The van der Waals surface area contributed by atoms with Gasteiger partial charge >= 0.3 is 11.4 Å². The van der Waals surface area contributed by atoms with Crippen LogP contribution in [0.1, 0.15) is 62.9 Å². The van der Waals surface area contributed by atoms with E-state index < -0.39 is 17.1 Å². The fourth-order valence-corrected chi connectivity index (χ4v) is 8.11. The van der Waals surface area contributed by atoms with Gasteiger partial charge in [0.2, 0.25) is 5.72 Å². The highest BCUT2D eigenvalue weighted by Crippen LogP contribution is 2.57. The van der Waals surface area contributed by atoms with Gasteiger partial charge in [-0.2, -0.15) is 4.21 Å². The Morgan fingerprint density at radius 2 is 1.36 bits per heavy atom. The number of aryl methyl sites for hydroxylation is 2. The third kappa shape index (κ3) is 7.21. The van der Waals surface area contributed by atoms with E-state index in [1.54, 1.807) is 6.20 Å². The Labute approximate surface area is 325 Å². The number of hydrogen-bond donors (Lipinski definition) is 1. The predicted molar refractivity (Wildman–Crippen MR) is 218 cm³/mol. The molecular formula is C45H44N4O5S. The molecule has 2 aliphatic heterocycles. The van der Waals surface area contributed by atoms with Crippen molar-refractivity contribution in [2.45, 2.75) is 64.5 Å². The normalized spacial score (nSPS) is 14.4. The molecule has 4 heterocycles. The van der Waals surface area contributed by atoms with Crippen molar-refractivity contribution in [3.05, 3.63) is 144 Å². The second-order valence-corrected chi connectivity index (χ2v) is 14.5. The van der Waals surface area contributed by atoms with Crippen LogP contribution in [0.3, 0.4) is 0 Å². The third-order valence-corrected chi connectivity index (χ3v) is 10.6. The number of para-hydroxylation sites is 6. The summed E-state index contributed by atoms with van der Waals surface area (Å²) < 4.78 is 44.1. The molecule has 1 N–H and O–H groups in total. The molecule has 2 aromatic heterocycles. The number of nitrogens with zero attached hydrogens (tertiary/aromatic N) is 4. The van der Waals surface area contributed by atoms with E-state index >= 15 is 0 Å². The number of rotatable bonds is 14. The molecule has 0 amide bonds. The van der Waals surface area contributed by atoms with Gasteiger partial charge in [-0.1, -0.05) is 75.2 Å². The first-order chi connectivity index (χ1) is 27.0. The topological polar surface area (TPSA) is 97.3 Å². The number of benzene rings is 4. The van der Waals surface area contributed by atoms with E-state index in [0.717, 1.165) is 83.9 Å². The summed E-state index contributed by atoms with van der Waals surface area (Å²) in [4.78, 5) is 14.3. The van der Waals surface area contributed by atoms with Gasteiger partial charge in [-0.3, -0.25) is 19.4 Å². The van der Waals surface area contributed by atoms with E-state index in [1.807, 2.05) is 114 Å². The third-order valence-electron chi connectivity index (χ3n) is 10.2. The van der Waals surface area contributed by atoms with Crippen molar-refractivity contribution in [1.82, 2.24) is 9.97 Å². The van der Waals surface area contributed by atoms with Crippen molar-refractivity contribution in [3.8, 4) is 34.3 Å². The fourth-order valence-electron chi connectivity index (χ4n) is 7.63. The highest BCUT2D eigenvalue weighted by molar-refractivity contribution is 7.74. The number of unbranched alkanes of at least 4 members (excludes halogenated alkanes) is 2. The molecule has 0 aliphatic carbocycles. The maximum Gasteiger partial charge on any atom is 0.304 e. The summed E-state index contributed by atoms with van der Waals surface area (Å²) >= 11 is -2.74. The van der Waals surface area contributed by atoms with Gasteiger partial charge in [0.25, 0.3) is 0 Å². The van der Waals surface area contributed by atoms with Gasteiger partial charge in [-0.15, -0.1) is 0 Å². The zero-order valence-electron chi connectivity index (χ0n) is 31.1. The summed E-state index contributed by atoms with van der Waals surface area (Å²) in [7, 11) is 0. The first kappa shape index (κ1) is 36.4. The van der Waals surface area contributed by atoms with E-state index in [1.165, 1.54) is 0 Å². The average molecular weight is 753 g/mol. The van der Waals surface area contributed by atoms with Crippen LogP contribution in [0.2, 0.25) is 0 Å². The molecule has 2 unspecified atom stereocenters. The van der Waals surface area contributed by atoms with Crippen molar-refractivity contribution >= 4 is 34.1 Å². The molecule has 0 saturated carbocycles. The van der Waals surface area contributed by atoms with Crippen molar-refractivity contribution in [2.24, 2.45) is 0 Å². The van der Waals surface area contributed by atoms with Crippen LogP contribution in [0.25, 0.3) is 11.3 Å². The average Bonchev–Trinajstić information content (AvgIpc) is 3.22. The lowest BCUT2D eigenvalue weighted by atomic mass is 9.93. The number of fused-ring (bicyclic) bond motifs is 4. The Bertz CT molecular complexity index is 2280. The zero-order chi connectivity index (χ0) is 37.8. The first-order valence-corrected chi connectivity index (χ1v) is 20.1. The van der Waals surface area contributed by atoms with Gasteiger partial charge in [-0.25, -0.2) is 4.18 Å². The fraction of sp³-hybridized carbons (Fsp3) is 0.244. The largest absolute Gasteiger partial charge is 0.453 e. The van der Waals surface area contributed by atoms with Gasteiger partial charge in [0.05, 0.1) is 34.1 Å². The molecule has 0 saturated heterocycles. The van der Waals surface area contributed by atoms with E-state index in [0.29, 0.717) is 35.1 Å². The lowest BCUT2D eigenvalue weighted by Gasteiger charge is -2.47. The van der Waals surface area contributed by atoms with Gasteiger partial charge in [0, 0.05) is 30.4 Å². The molecule has 0 spiro atoms. The Kier molecular flexibility index (Phi) is 10.6. The molecular weight excluding hydrogens is 709 g/mol. The SMILES string of the molecule is CCCCc1cc2c(c(-c3ccccn3)c1)N(C(CCN1c3ccccc3Oc3ccccc31)(OS(=O)O)c1cccc(CCCC)n1)c1ccccc1O2. The van der Waals surface area contributed by atoms with Crippen LogP contribution in [0.5, 0.6) is 23.0 Å². The van der Waals surface area contributed by atoms with Crippen LogP contribution in [0.15, 0.2) is 128 Å². The van der Waals surface area contributed by atoms with E-state index in [4.69, 9.17) is 23.6 Å². The Balaban J connectivity index is 1.39. The summed E-state index contributed by atoms with van der Waals surface area (Å²) in [5.41, 5.74) is 5.50. The van der Waals surface area contributed by atoms with Crippen LogP contribution >= 0.6 is 0 Å². The number of pyridine rings is 2. The summed E-state index contributed by atoms with van der Waals surface area (Å²) in [5, 5.41) is 0. The van der Waals surface area contributed by atoms with Gasteiger partial charge in [-0.05, 0) is 104 Å². The summed E-state index contributed by atoms with van der Waals surface area (Å²) in [6.45, 7) is 4.69. The molecule has 0 radical (unpaired) electrons. The van der Waals surface area contributed by atoms with Gasteiger partial charge < -0.3 is 14.4 Å². The Morgan fingerprint density at radius 1 is 0.727 bits per heavy atom. The van der Waals surface area contributed by atoms with Crippen molar-refractivity contribution in [3.63, 3.8) is 0 Å². The number of ether oxygens (including phenoxy) is 2. The second-order valence-electron chi connectivity index (χ2n) is 13.9. The molecule has 2 aliphatic rings. The zero-order valence-corrected chi connectivity index (χ0v) is 31.9. The summed E-state index contributed by atoms with van der Waals surface area (Å²) in [5.74, 6) is 2.64. The van der Waals surface area contributed by atoms with Crippen LogP contribution < -0.4 is 19.3 Å². The van der Waals surface area contributed by atoms with Crippen molar-refractivity contribution < 1.29 is 22.4 Å². The molecule has 10 heteroatoms. The van der Waals surface area contributed by atoms with Crippen LogP contribution in [-0.4, -0.2) is 25.3 Å². The van der Waals surface area contributed by atoms with Crippen LogP contribution in [0, 0.1) is 0 Å². The molecule has 280 valence electrons. The standard InChI is InChI=1S/C45H44N4O5S/c1-3-5-16-32-30-34(35-19-13-14-28-46-35)44-42(31-32)53-41-25-12-9-22-38(41)49(44)45(54-55(50)51,43-26-15-18-33(47-43)17-6-4-2)27-29-48-36-20-7-10-23-39(36)52-40-24-11-8-21-37(40)48/h7-15,18-26,28,30-31H,3-6,16-17,27,29H2,1-2H3,(H,50,51). The molecule has 6 aromatic rings. The summed E-state index contributed by atoms with van der Waals surface area (Å²) in [6.07, 6.45) is 7.58. The van der Waals surface area contributed by atoms with Gasteiger partial charge in [0.1, 0.15) is 0 Å².